The first kappa shape index (κ1) is 33.0. The molecule has 0 aromatic heterocycles. The Morgan fingerprint density at radius 1 is 1.07 bits per heavy atom. The van der Waals surface area contributed by atoms with Crippen LogP contribution in [0.2, 0.25) is 0 Å². The van der Waals surface area contributed by atoms with Gasteiger partial charge in [0.1, 0.15) is 5.75 Å². The van der Waals surface area contributed by atoms with Crippen LogP contribution in [0.3, 0.4) is 0 Å². The van der Waals surface area contributed by atoms with E-state index in [1.54, 1.807) is 0 Å². The number of hydrogen-bond donors (Lipinski definition) is 3. The van der Waals surface area contributed by atoms with Gasteiger partial charge in [0, 0.05) is 17.8 Å². The average molecular weight is 645 g/mol. The van der Waals surface area contributed by atoms with E-state index in [2.05, 4.69) is 10.6 Å². The van der Waals surface area contributed by atoms with Gasteiger partial charge in [0.15, 0.2) is 11.6 Å². The van der Waals surface area contributed by atoms with Crippen LogP contribution in [0.1, 0.15) is 49.4 Å². The summed E-state index contributed by atoms with van der Waals surface area (Å²) in [5.41, 5.74) is -5.74. The van der Waals surface area contributed by atoms with Gasteiger partial charge >= 0.3 is 11.5 Å². The van der Waals surface area contributed by atoms with E-state index < -0.39 is 61.7 Å². The Morgan fingerprint density at radius 2 is 1.77 bits per heavy atom. The molecule has 3 atom stereocenters. The number of nitrogens with one attached hydrogen (secondary N) is 2. The van der Waals surface area contributed by atoms with Crippen LogP contribution in [0.25, 0.3) is 0 Å². The van der Waals surface area contributed by atoms with Gasteiger partial charge in [0.25, 0.3) is 15.7 Å². The molecule has 2 aliphatic rings. The summed E-state index contributed by atoms with van der Waals surface area (Å²) >= 11 is 0. The van der Waals surface area contributed by atoms with Gasteiger partial charge in [-0.05, 0) is 61.8 Å². The molecule has 2 aliphatic carbocycles. The molecule has 240 valence electrons. The molecule has 0 spiro atoms. The van der Waals surface area contributed by atoms with E-state index in [0.717, 1.165) is 24.3 Å². The lowest BCUT2D eigenvalue weighted by Gasteiger charge is -2.36. The minimum atomic E-state index is -5.63. The summed E-state index contributed by atoms with van der Waals surface area (Å²) in [6.45, 7) is 1.88. The molecular weight excluding hydrogens is 612 g/mol. The number of carbonyl (C=O) groups excluding carboxylic acids is 2. The van der Waals surface area contributed by atoms with Gasteiger partial charge in [-0.3, -0.25) is 14.4 Å². The molecule has 2 saturated carbocycles. The molecule has 15 heteroatoms. The molecular formula is C29H32F4N2O8S. The third-order valence-corrected chi connectivity index (χ3v) is 9.61. The SMILES string of the molecule is COc1cc(F)c(OCC2CC(C(=O)O)C2)cc1C(=O)N[C@H]1[C@@H](C(=O)Nc2cccc(S(=O)(=O)C(F)(F)F)c2)CCC[C@@H]1C. The molecule has 0 saturated heterocycles. The fraction of sp³-hybridized carbons (Fsp3) is 0.483. The highest BCUT2D eigenvalue weighted by Crippen LogP contribution is 2.36. The minimum Gasteiger partial charge on any atom is -0.496 e. The second-order valence-electron chi connectivity index (χ2n) is 11.1. The molecule has 0 unspecified atom stereocenters. The molecule has 2 aromatic carbocycles. The number of amides is 2. The smallest absolute Gasteiger partial charge is 0.496 e. The molecule has 0 heterocycles. The van der Waals surface area contributed by atoms with Gasteiger partial charge in [-0.1, -0.05) is 19.4 Å². The second kappa shape index (κ2) is 13.0. The van der Waals surface area contributed by atoms with E-state index in [-0.39, 0.29) is 41.2 Å². The highest BCUT2D eigenvalue weighted by atomic mass is 32.2. The van der Waals surface area contributed by atoms with Crippen LogP contribution >= 0.6 is 0 Å². The maximum absolute atomic E-state index is 14.7. The van der Waals surface area contributed by atoms with Gasteiger partial charge in [-0.15, -0.1) is 0 Å². The predicted octanol–water partition coefficient (Wildman–Crippen LogP) is 4.79. The quantitative estimate of drug-likeness (QED) is 0.313. The number of sulfone groups is 1. The molecule has 3 N–H and O–H groups in total. The molecule has 2 fully saturated rings. The molecule has 10 nitrogen and oxygen atoms in total. The van der Waals surface area contributed by atoms with Crippen LogP contribution in [0.5, 0.6) is 11.5 Å². The normalized spacial score (nSPS) is 23.6. The highest BCUT2D eigenvalue weighted by molar-refractivity contribution is 7.92. The number of hydrogen-bond acceptors (Lipinski definition) is 7. The van der Waals surface area contributed by atoms with Crippen molar-refractivity contribution in [2.75, 3.05) is 19.0 Å². The number of carbonyl (C=O) groups is 3. The number of benzene rings is 2. The third kappa shape index (κ3) is 7.08. The first-order valence-corrected chi connectivity index (χ1v) is 15.4. The molecule has 0 aliphatic heterocycles. The Hall–Kier alpha value is -3.88. The molecule has 0 radical (unpaired) electrons. The zero-order chi connectivity index (χ0) is 32.4. The fourth-order valence-corrected chi connectivity index (χ4v) is 6.37. The molecule has 44 heavy (non-hydrogen) atoms. The predicted molar refractivity (Wildman–Crippen MR) is 148 cm³/mol. The van der Waals surface area contributed by atoms with Crippen LogP contribution in [0.4, 0.5) is 23.2 Å². The first-order chi connectivity index (χ1) is 20.6. The van der Waals surface area contributed by atoms with E-state index in [4.69, 9.17) is 14.6 Å². The van der Waals surface area contributed by atoms with Gasteiger partial charge in [-0.25, -0.2) is 12.8 Å². The number of halogens is 4. The van der Waals surface area contributed by atoms with E-state index >= 15 is 0 Å². The first-order valence-electron chi connectivity index (χ1n) is 13.9. The largest absolute Gasteiger partial charge is 0.501 e. The Bertz CT molecular complexity index is 1530. The summed E-state index contributed by atoms with van der Waals surface area (Å²) in [5, 5.41) is 14.3. The molecule has 4 rings (SSSR count). The van der Waals surface area contributed by atoms with Crippen molar-refractivity contribution in [1.29, 1.82) is 0 Å². The van der Waals surface area contributed by atoms with Gasteiger partial charge in [0.2, 0.25) is 5.91 Å². The number of anilines is 1. The van der Waals surface area contributed by atoms with Crippen LogP contribution in [-0.4, -0.2) is 56.6 Å². The maximum Gasteiger partial charge on any atom is 0.501 e. The molecule has 2 aromatic rings. The zero-order valence-corrected chi connectivity index (χ0v) is 24.6. The summed E-state index contributed by atoms with van der Waals surface area (Å²) in [7, 11) is -4.38. The summed E-state index contributed by atoms with van der Waals surface area (Å²) in [6.07, 6.45) is 2.39. The topological polar surface area (TPSA) is 148 Å². The zero-order valence-electron chi connectivity index (χ0n) is 23.8. The summed E-state index contributed by atoms with van der Waals surface area (Å²) in [6, 6.07) is 5.25. The van der Waals surface area contributed by atoms with E-state index in [9.17, 15) is 40.4 Å². The Morgan fingerprint density at radius 3 is 2.41 bits per heavy atom. The van der Waals surface area contributed by atoms with Crippen LogP contribution in [-0.2, 0) is 19.4 Å². The highest BCUT2D eigenvalue weighted by Gasteiger charge is 2.47. The number of ether oxygens (including phenoxy) is 2. The Labute approximate surface area is 251 Å². The van der Waals surface area contributed by atoms with Gasteiger partial charge in [0.05, 0.1) is 36.0 Å². The third-order valence-electron chi connectivity index (χ3n) is 8.13. The maximum atomic E-state index is 14.7. The lowest BCUT2D eigenvalue weighted by Crippen LogP contribution is -2.50. The molecule has 0 bridgehead atoms. The Balaban J connectivity index is 1.49. The Kier molecular flexibility index (Phi) is 9.76. The minimum absolute atomic E-state index is 0.0570. The van der Waals surface area contributed by atoms with Gasteiger partial charge in [-0.2, -0.15) is 13.2 Å². The summed E-state index contributed by atoms with van der Waals surface area (Å²) in [4.78, 5) is 36.8. The number of aliphatic carboxylic acids is 1. The number of rotatable bonds is 10. The van der Waals surface area contributed by atoms with Crippen LogP contribution < -0.4 is 20.1 Å². The van der Waals surface area contributed by atoms with Crippen molar-refractivity contribution < 1.29 is 54.9 Å². The second-order valence-corrected chi connectivity index (χ2v) is 13.1. The van der Waals surface area contributed by atoms with Crippen molar-refractivity contribution in [3.05, 3.63) is 47.8 Å². The van der Waals surface area contributed by atoms with Crippen molar-refractivity contribution in [2.45, 2.75) is 55.5 Å². The number of carboxylic acids is 1. The standard InChI is InChI=1S/C29H32F4N2O8S/c1-15-5-3-8-20(26(36)34-18-6-4-7-19(11-18)44(40,41)29(31,32)33)25(15)35-27(37)21-12-24(22(30)13-23(21)42-2)43-14-16-9-17(10-16)28(38)39/h4,6-7,11-13,15-17,20,25H,3,5,8-10,14H2,1-2H3,(H,34,36)(H,35,37)(H,38,39)/t15-,16?,17?,20-,25+/m0/s1. The number of carboxylic acid groups (broad SMARTS) is 1. The van der Waals surface area contributed by atoms with Gasteiger partial charge < -0.3 is 25.2 Å². The summed E-state index contributed by atoms with van der Waals surface area (Å²) < 4.78 is 88.2. The number of methoxy groups -OCH3 is 1. The lowest BCUT2D eigenvalue weighted by atomic mass is 9.75. The monoisotopic (exact) mass is 644 g/mol. The van der Waals surface area contributed by atoms with Crippen molar-refractivity contribution in [3.8, 4) is 11.5 Å². The van der Waals surface area contributed by atoms with Crippen molar-refractivity contribution in [3.63, 3.8) is 0 Å². The van der Waals surface area contributed by atoms with E-state index in [0.29, 0.717) is 32.1 Å². The van der Waals surface area contributed by atoms with Crippen LogP contribution in [0, 0.1) is 29.5 Å². The van der Waals surface area contributed by atoms with Crippen LogP contribution in [0.15, 0.2) is 41.3 Å². The van der Waals surface area contributed by atoms with Crippen molar-refractivity contribution in [2.24, 2.45) is 23.7 Å². The fourth-order valence-electron chi connectivity index (χ4n) is 5.56. The molecule has 2 amide bonds. The lowest BCUT2D eigenvalue weighted by molar-refractivity contribution is -0.146. The summed E-state index contributed by atoms with van der Waals surface area (Å²) in [5.74, 6) is -4.89. The average Bonchev–Trinajstić information content (AvgIpc) is 2.92. The van der Waals surface area contributed by atoms with Crippen molar-refractivity contribution in [1.82, 2.24) is 5.32 Å². The van der Waals surface area contributed by atoms with E-state index in [1.165, 1.54) is 19.2 Å². The number of alkyl halides is 3. The van der Waals surface area contributed by atoms with Crippen molar-refractivity contribution >= 4 is 33.3 Å². The van der Waals surface area contributed by atoms with E-state index in [1.807, 2.05) is 6.92 Å².